The van der Waals surface area contributed by atoms with E-state index in [-0.39, 0.29) is 6.54 Å². The fraction of sp³-hybridized carbons (Fsp3) is 0.143. The Hall–Kier alpha value is -4.21. The first-order valence-electron chi connectivity index (χ1n) is 9.12. The summed E-state index contributed by atoms with van der Waals surface area (Å²) < 4.78 is 30.4. The molecule has 4 rings (SSSR count). The van der Waals surface area contributed by atoms with Gasteiger partial charge in [0.25, 0.3) is 11.4 Å². The van der Waals surface area contributed by atoms with Gasteiger partial charge in [-0.05, 0) is 17.7 Å². The molecule has 2 heterocycles. The third kappa shape index (κ3) is 4.22. The van der Waals surface area contributed by atoms with Crippen molar-refractivity contribution in [3.8, 4) is 34.3 Å². The number of methoxy groups -OCH3 is 2. The lowest BCUT2D eigenvalue weighted by Gasteiger charge is -2.06. The van der Waals surface area contributed by atoms with Crippen LogP contribution in [0.1, 0.15) is 5.56 Å². The van der Waals surface area contributed by atoms with E-state index in [1.54, 1.807) is 56.7 Å². The maximum Gasteiger partial charge on any atom is 0.328 e. The second kappa shape index (κ2) is 8.27. The minimum atomic E-state index is -1.04. The highest BCUT2D eigenvalue weighted by Gasteiger charge is 2.13. The third-order valence-corrected chi connectivity index (χ3v) is 4.56. The summed E-state index contributed by atoms with van der Waals surface area (Å²) in [5.74, 6) is 0.826. The molecule has 0 spiro atoms. The fourth-order valence-corrected chi connectivity index (χ4v) is 2.94. The molecule has 0 saturated heterocycles. The summed E-state index contributed by atoms with van der Waals surface area (Å²) in [5.41, 5.74) is 0.323. The van der Waals surface area contributed by atoms with Gasteiger partial charge in [-0.3, -0.25) is 14.3 Å². The van der Waals surface area contributed by atoms with Gasteiger partial charge in [0, 0.05) is 17.2 Å². The molecule has 4 aromatic rings. The van der Waals surface area contributed by atoms with E-state index in [9.17, 15) is 14.0 Å². The van der Waals surface area contributed by atoms with Crippen molar-refractivity contribution < 1.29 is 18.4 Å². The van der Waals surface area contributed by atoms with Gasteiger partial charge in [0.15, 0.2) is 0 Å². The highest BCUT2D eigenvalue weighted by molar-refractivity contribution is 5.63. The Kier molecular flexibility index (Phi) is 5.35. The summed E-state index contributed by atoms with van der Waals surface area (Å²) in [7, 11) is 3.10. The van der Waals surface area contributed by atoms with Crippen molar-refractivity contribution in [1.29, 1.82) is 0 Å². The molecule has 0 amide bonds. The van der Waals surface area contributed by atoms with Crippen LogP contribution in [-0.2, 0) is 6.54 Å². The van der Waals surface area contributed by atoms with Crippen LogP contribution < -0.4 is 20.7 Å². The zero-order valence-corrected chi connectivity index (χ0v) is 16.6. The monoisotopic (exact) mass is 424 g/mol. The molecule has 0 unspecified atom stereocenters. The second-order valence-electron chi connectivity index (χ2n) is 6.59. The Morgan fingerprint density at radius 2 is 1.71 bits per heavy atom. The first kappa shape index (κ1) is 20.1. The molecule has 0 aliphatic rings. The largest absolute Gasteiger partial charge is 0.497 e. The van der Waals surface area contributed by atoms with Gasteiger partial charge in [0.2, 0.25) is 11.6 Å². The van der Waals surface area contributed by atoms with Crippen LogP contribution in [0.5, 0.6) is 11.5 Å². The molecule has 1 N–H and O–H groups in total. The lowest BCUT2D eigenvalue weighted by atomic mass is 10.1. The smallest absolute Gasteiger partial charge is 0.328 e. The summed E-state index contributed by atoms with van der Waals surface area (Å²) in [6.45, 7) is 0.0912. The van der Waals surface area contributed by atoms with Crippen LogP contribution >= 0.6 is 0 Å². The average molecular weight is 424 g/mol. The first-order valence-corrected chi connectivity index (χ1v) is 9.12. The van der Waals surface area contributed by atoms with Crippen LogP contribution in [0.2, 0.25) is 0 Å². The highest BCUT2D eigenvalue weighted by atomic mass is 19.1. The van der Waals surface area contributed by atoms with E-state index < -0.39 is 17.1 Å². The summed E-state index contributed by atoms with van der Waals surface area (Å²) in [6, 6.07) is 12.2. The van der Waals surface area contributed by atoms with Crippen molar-refractivity contribution in [3.05, 3.63) is 80.9 Å². The Morgan fingerprint density at radius 3 is 2.35 bits per heavy atom. The van der Waals surface area contributed by atoms with Crippen LogP contribution in [0, 0.1) is 5.82 Å². The molecule has 0 atom stereocenters. The van der Waals surface area contributed by atoms with E-state index in [0.717, 1.165) is 16.3 Å². The summed E-state index contributed by atoms with van der Waals surface area (Å²) >= 11 is 0. The predicted octanol–water partition coefficient (Wildman–Crippen LogP) is 2.46. The van der Waals surface area contributed by atoms with E-state index in [1.807, 2.05) is 4.98 Å². The number of benzene rings is 2. The lowest BCUT2D eigenvalue weighted by Crippen LogP contribution is -2.31. The number of nitrogens with zero attached hydrogens (tertiary/aromatic N) is 3. The minimum Gasteiger partial charge on any atom is -0.497 e. The number of rotatable bonds is 6. The van der Waals surface area contributed by atoms with Crippen LogP contribution in [0.4, 0.5) is 4.39 Å². The van der Waals surface area contributed by atoms with Crippen molar-refractivity contribution in [2.24, 2.45) is 0 Å². The summed E-state index contributed by atoms with van der Waals surface area (Å²) in [4.78, 5) is 29.3. The van der Waals surface area contributed by atoms with Crippen molar-refractivity contribution in [2.45, 2.75) is 6.54 Å². The molecule has 2 aromatic carbocycles. The zero-order valence-electron chi connectivity index (χ0n) is 16.6. The Morgan fingerprint density at radius 1 is 1.03 bits per heavy atom. The van der Waals surface area contributed by atoms with E-state index in [4.69, 9.17) is 14.0 Å². The quantitative estimate of drug-likeness (QED) is 0.506. The molecule has 0 bridgehead atoms. The average Bonchev–Trinajstić information content (AvgIpc) is 3.28. The molecule has 2 aromatic heterocycles. The van der Waals surface area contributed by atoms with Gasteiger partial charge < -0.3 is 14.0 Å². The van der Waals surface area contributed by atoms with Crippen molar-refractivity contribution in [1.82, 2.24) is 19.7 Å². The van der Waals surface area contributed by atoms with Crippen LogP contribution in [-0.4, -0.2) is 33.9 Å². The zero-order chi connectivity index (χ0) is 22.0. The minimum absolute atomic E-state index is 0.0912. The van der Waals surface area contributed by atoms with Gasteiger partial charge in [-0.1, -0.05) is 29.4 Å². The van der Waals surface area contributed by atoms with Crippen molar-refractivity contribution in [2.75, 3.05) is 14.2 Å². The molecule has 31 heavy (non-hydrogen) atoms. The number of hydrogen-bond acceptors (Lipinski definition) is 7. The van der Waals surface area contributed by atoms with E-state index in [0.29, 0.717) is 34.3 Å². The van der Waals surface area contributed by atoms with Gasteiger partial charge in [-0.15, -0.1) is 0 Å². The number of hydrogen-bond donors (Lipinski definition) is 1. The Bertz CT molecular complexity index is 1320. The fourth-order valence-electron chi connectivity index (χ4n) is 2.94. The molecular weight excluding hydrogens is 407 g/mol. The van der Waals surface area contributed by atoms with Crippen molar-refractivity contribution in [3.63, 3.8) is 0 Å². The topological polar surface area (TPSA) is 112 Å². The van der Waals surface area contributed by atoms with E-state index in [2.05, 4.69) is 10.1 Å². The number of aromatic nitrogens is 4. The first-order chi connectivity index (χ1) is 15.0. The number of halogens is 1. The number of H-pyrrole nitrogens is 1. The van der Waals surface area contributed by atoms with Crippen LogP contribution in [0.15, 0.2) is 62.8 Å². The number of aromatic amines is 1. The second-order valence-corrected chi connectivity index (χ2v) is 6.59. The molecule has 10 heteroatoms. The summed E-state index contributed by atoms with van der Waals surface area (Å²) in [6.07, 6.45) is 0.878. The third-order valence-electron chi connectivity index (χ3n) is 4.56. The molecule has 0 aliphatic heterocycles. The standard InChI is InChI=1S/C21H17FN4O5/c1-29-15-7-14(8-16(9-15)30-2)20-23-18(25-31-20)13-5-3-12(4-6-13)10-26-11-17(22)19(27)24-21(26)28/h3-9,11H,10H2,1-2H3,(H,24,27,28). The molecule has 0 fully saturated rings. The van der Waals surface area contributed by atoms with E-state index in [1.165, 1.54) is 0 Å². The van der Waals surface area contributed by atoms with E-state index >= 15 is 0 Å². The molecule has 158 valence electrons. The van der Waals surface area contributed by atoms with Gasteiger partial charge in [-0.25, -0.2) is 4.79 Å². The Balaban J connectivity index is 1.57. The van der Waals surface area contributed by atoms with Gasteiger partial charge >= 0.3 is 5.69 Å². The molecule has 0 aliphatic carbocycles. The van der Waals surface area contributed by atoms with Crippen LogP contribution in [0.25, 0.3) is 22.8 Å². The Labute approximate surface area is 174 Å². The maximum absolute atomic E-state index is 13.4. The normalized spacial score (nSPS) is 10.8. The number of nitrogens with one attached hydrogen (secondary N) is 1. The highest BCUT2D eigenvalue weighted by Crippen LogP contribution is 2.30. The molecular formula is C21H17FN4O5. The molecule has 0 saturated carbocycles. The predicted molar refractivity (Wildman–Crippen MR) is 109 cm³/mol. The molecule has 0 radical (unpaired) electrons. The van der Waals surface area contributed by atoms with Gasteiger partial charge in [0.05, 0.1) is 27.0 Å². The van der Waals surface area contributed by atoms with Gasteiger partial charge in [0.1, 0.15) is 11.5 Å². The van der Waals surface area contributed by atoms with Crippen molar-refractivity contribution >= 4 is 0 Å². The maximum atomic E-state index is 13.4. The molecule has 9 nitrogen and oxygen atoms in total. The number of ether oxygens (including phenoxy) is 2. The lowest BCUT2D eigenvalue weighted by molar-refractivity contribution is 0.393. The van der Waals surface area contributed by atoms with Crippen LogP contribution in [0.3, 0.4) is 0 Å². The summed E-state index contributed by atoms with van der Waals surface area (Å²) in [5, 5.41) is 4.01. The van der Waals surface area contributed by atoms with Gasteiger partial charge in [-0.2, -0.15) is 9.37 Å². The SMILES string of the molecule is COc1cc(OC)cc(-c2nc(-c3ccc(Cn4cc(F)c(=O)[nH]c4=O)cc3)no2)c1.